The van der Waals surface area contributed by atoms with Crippen molar-refractivity contribution >= 4 is 89.5 Å². The van der Waals surface area contributed by atoms with E-state index in [0.29, 0.717) is 102 Å². The largest absolute Gasteiger partial charge is 0.393 e. The van der Waals surface area contributed by atoms with Gasteiger partial charge in [0.1, 0.15) is 11.4 Å². The smallest absolute Gasteiger partial charge is 0.292 e. The van der Waals surface area contributed by atoms with Crippen LogP contribution in [0.15, 0.2) is 72.8 Å². The summed E-state index contributed by atoms with van der Waals surface area (Å²) in [6.07, 6.45) is 43.7. The summed E-state index contributed by atoms with van der Waals surface area (Å²) < 4.78 is 0. The van der Waals surface area contributed by atoms with E-state index in [-0.39, 0.29) is 57.8 Å². The van der Waals surface area contributed by atoms with Crippen molar-refractivity contribution in [3.63, 3.8) is 0 Å². The maximum atomic E-state index is 16.0. The number of nitro benzene ring substituents is 2. The number of unbranched alkanes of at least 4 members (excludes halogenated alkanes) is 32. The molecule has 516 valence electrons. The fraction of sp³-hybridized carbons (Fsp3) is 0.561. The molecule has 7 aromatic carbocycles. The molecular weight excluding hydrogens is 1200 g/mol. The fourth-order valence-electron chi connectivity index (χ4n) is 15.9. The van der Waals surface area contributed by atoms with Crippen LogP contribution in [0, 0.1) is 20.2 Å². The number of nitrogen functional groups attached to an aromatic ring is 2. The third kappa shape index (κ3) is 17.1. The van der Waals surface area contributed by atoms with Crippen LogP contribution in [0.1, 0.15) is 326 Å². The lowest BCUT2D eigenvalue weighted by Gasteiger charge is -2.36. The molecule has 0 fully saturated rings. The first-order chi connectivity index (χ1) is 46.8. The van der Waals surface area contributed by atoms with Crippen molar-refractivity contribution < 1.29 is 29.0 Å². The van der Waals surface area contributed by atoms with E-state index in [1.165, 1.54) is 162 Å². The van der Waals surface area contributed by atoms with Crippen LogP contribution in [0.4, 0.5) is 22.7 Å². The number of carbonyl (C=O) groups excluding carboxylic acids is 4. The van der Waals surface area contributed by atoms with Gasteiger partial charge in [-0.3, -0.25) is 49.2 Å². The summed E-state index contributed by atoms with van der Waals surface area (Å²) in [6, 6.07) is 19.5. The first-order valence-corrected chi connectivity index (χ1v) is 37.9. The molecule has 9 rings (SSSR count). The zero-order valence-electron chi connectivity index (χ0n) is 58.6. The molecule has 0 radical (unpaired) electrons. The van der Waals surface area contributed by atoms with Crippen molar-refractivity contribution in [2.24, 2.45) is 0 Å². The number of nitro groups is 2. The number of nitrogens with two attached hydrogens (primary N) is 2. The topological polar surface area (TPSA) is 213 Å². The van der Waals surface area contributed by atoms with Crippen LogP contribution < -0.4 is 11.5 Å². The van der Waals surface area contributed by atoms with Crippen LogP contribution in [0.3, 0.4) is 0 Å². The Labute approximate surface area is 571 Å². The highest BCUT2D eigenvalue weighted by Gasteiger charge is 2.42. The van der Waals surface area contributed by atoms with E-state index in [9.17, 15) is 20.2 Å². The molecule has 2 aliphatic rings. The Morgan fingerprint density at radius 3 is 0.844 bits per heavy atom. The van der Waals surface area contributed by atoms with Crippen LogP contribution in [0.5, 0.6) is 0 Å². The second-order valence-corrected chi connectivity index (χ2v) is 28.3. The first-order valence-electron chi connectivity index (χ1n) is 37.9. The Kier molecular flexibility index (Phi) is 27.4. The minimum absolute atomic E-state index is 0.0345. The Morgan fingerprint density at radius 2 is 0.573 bits per heavy atom. The monoisotopic (exact) mass is 1310 g/mol. The molecule has 0 bridgehead atoms. The molecule has 96 heavy (non-hydrogen) atoms. The number of rotatable bonds is 46. The van der Waals surface area contributed by atoms with E-state index >= 15 is 19.2 Å². The molecule has 0 unspecified atom stereocenters. The van der Waals surface area contributed by atoms with Crippen molar-refractivity contribution in [3.8, 4) is 22.3 Å². The van der Waals surface area contributed by atoms with E-state index in [1.54, 1.807) is 36.4 Å². The SMILES string of the molecule is CCCCCCCCCCCC(CCCCCCCCCCC)N1C(=O)c2ccc3c4c(-c5ccc(N)c([N+](=O)[O-])c5)cc5c6c(ccc(c7c(-c8ccc(N)c([N+](=O)[O-])c8)cc(c2c37)C1=O)c64)C(=O)N(C(CCCCCCCCCCC)CCCCCCCCCCC)C5=O. The van der Waals surface area contributed by atoms with Crippen molar-refractivity contribution in [2.75, 3.05) is 11.5 Å². The minimum atomic E-state index is -0.520. The number of fused-ring (bicyclic) bond motifs is 2. The van der Waals surface area contributed by atoms with E-state index in [2.05, 4.69) is 27.7 Å². The van der Waals surface area contributed by atoms with Gasteiger partial charge in [-0.15, -0.1) is 0 Å². The standard InChI is InChI=1S/C82H110N6O8/c1-5-9-13-17-21-25-29-33-37-41-59(42-38-34-30-26-22-18-14-10-6-2)85-79(89)63-49-47-61-74-66(58-46-52-70(84)72(54-58)88(95)96)56-68-76-64(50-48-62(78(74)76)73-65(55-67(81(85)91)75(63)77(61)73)57-45-51-69(83)71(53-57)87(93)94)80(90)86(82(68)92)60(43-39-35-31-27-23-19-15-11-7-3)44-40-36-32-28-24-20-16-12-8-4/h45-56,59-60H,5-44,83-84H2,1-4H3. The average molecular weight is 1310 g/mol. The van der Waals surface area contributed by atoms with Gasteiger partial charge in [0.25, 0.3) is 35.0 Å². The quantitative estimate of drug-likeness (QED) is 0.00700. The van der Waals surface area contributed by atoms with Gasteiger partial charge in [-0.05, 0) is 117 Å². The fourth-order valence-corrected chi connectivity index (χ4v) is 15.9. The average Bonchev–Trinajstić information content (AvgIpc) is 0.679. The van der Waals surface area contributed by atoms with Gasteiger partial charge in [-0.2, -0.15) is 0 Å². The van der Waals surface area contributed by atoms with Gasteiger partial charge in [0, 0.05) is 57.2 Å². The molecule has 2 heterocycles. The van der Waals surface area contributed by atoms with Gasteiger partial charge in [-0.1, -0.05) is 283 Å². The number of hydrogen-bond acceptors (Lipinski definition) is 10. The molecule has 0 atom stereocenters. The Bertz CT molecular complexity index is 3530. The lowest BCUT2D eigenvalue weighted by atomic mass is 9.77. The molecule has 14 heteroatoms. The molecule has 0 saturated heterocycles. The van der Waals surface area contributed by atoms with Crippen LogP contribution in [0.2, 0.25) is 0 Å². The summed E-state index contributed by atoms with van der Waals surface area (Å²) in [6.45, 7) is 8.92. The van der Waals surface area contributed by atoms with Gasteiger partial charge >= 0.3 is 0 Å². The molecular formula is C82H110N6O8. The molecule has 0 aliphatic carbocycles. The third-order valence-corrected chi connectivity index (χ3v) is 21.3. The highest BCUT2D eigenvalue weighted by atomic mass is 16.6. The molecule has 7 aromatic rings. The molecule has 0 saturated carbocycles. The summed E-state index contributed by atoms with van der Waals surface area (Å²) in [5, 5.41) is 29.9. The van der Waals surface area contributed by atoms with Gasteiger partial charge in [0.2, 0.25) is 0 Å². The Morgan fingerprint density at radius 1 is 0.312 bits per heavy atom. The number of carbonyl (C=O) groups is 4. The molecule has 4 N–H and O–H groups in total. The second kappa shape index (κ2) is 36.2. The normalized spacial score (nSPS) is 13.3. The van der Waals surface area contributed by atoms with E-state index in [1.807, 2.05) is 12.1 Å². The summed E-state index contributed by atoms with van der Waals surface area (Å²) in [7, 11) is 0. The summed E-state index contributed by atoms with van der Waals surface area (Å²) in [5.74, 6) is -1.61. The highest BCUT2D eigenvalue weighted by molar-refractivity contribution is 6.44. The maximum absolute atomic E-state index is 16.0. The summed E-state index contributed by atoms with van der Waals surface area (Å²) in [5.41, 5.74) is 15.0. The van der Waals surface area contributed by atoms with Crippen molar-refractivity contribution in [3.05, 3.63) is 115 Å². The van der Waals surface area contributed by atoms with Crippen LogP contribution in [0.25, 0.3) is 65.3 Å². The van der Waals surface area contributed by atoms with Crippen LogP contribution in [-0.4, -0.2) is 55.4 Å². The van der Waals surface area contributed by atoms with E-state index in [4.69, 9.17) is 11.5 Å². The highest BCUT2D eigenvalue weighted by Crippen LogP contribution is 2.53. The van der Waals surface area contributed by atoms with Gasteiger partial charge in [0.05, 0.1) is 9.85 Å². The number of benzene rings is 7. The Hall–Kier alpha value is -7.48. The predicted molar refractivity (Wildman–Crippen MR) is 397 cm³/mol. The molecule has 0 spiro atoms. The number of nitrogens with zero attached hydrogens (tertiary/aromatic N) is 4. The van der Waals surface area contributed by atoms with Gasteiger partial charge in [0.15, 0.2) is 0 Å². The molecule has 0 aromatic heterocycles. The van der Waals surface area contributed by atoms with Gasteiger partial charge in [-0.25, -0.2) is 0 Å². The molecule has 4 amide bonds. The number of anilines is 2. The third-order valence-electron chi connectivity index (χ3n) is 21.3. The molecule has 2 aliphatic heterocycles. The second-order valence-electron chi connectivity index (χ2n) is 28.3. The van der Waals surface area contributed by atoms with Crippen molar-refractivity contribution in [1.82, 2.24) is 9.80 Å². The minimum Gasteiger partial charge on any atom is -0.393 e. The Balaban J connectivity index is 1.19. The van der Waals surface area contributed by atoms with Crippen molar-refractivity contribution in [2.45, 2.75) is 297 Å². The zero-order chi connectivity index (χ0) is 68.1. The summed E-state index contributed by atoms with van der Waals surface area (Å²) >= 11 is 0. The zero-order valence-corrected chi connectivity index (χ0v) is 58.6. The van der Waals surface area contributed by atoms with Gasteiger partial charge < -0.3 is 11.5 Å². The maximum Gasteiger partial charge on any atom is 0.292 e. The van der Waals surface area contributed by atoms with Crippen LogP contribution >= 0.6 is 0 Å². The lowest BCUT2D eigenvalue weighted by Crippen LogP contribution is -2.47. The predicted octanol–water partition coefficient (Wildman–Crippen LogP) is 23.7. The first kappa shape index (κ1) is 72.8. The van der Waals surface area contributed by atoms with Crippen LogP contribution in [-0.2, 0) is 0 Å². The summed E-state index contributed by atoms with van der Waals surface area (Å²) in [4.78, 5) is 91.2. The number of amides is 4. The van der Waals surface area contributed by atoms with Crippen molar-refractivity contribution in [1.29, 1.82) is 0 Å². The lowest BCUT2D eigenvalue weighted by molar-refractivity contribution is -0.384. The number of imide groups is 2. The van der Waals surface area contributed by atoms with E-state index in [0.717, 1.165) is 103 Å². The van der Waals surface area contributed by atoms with E-state index < -0.39 is 21.7 Å². The molecule has 14 nitrogen and oxygen atoms in total. The number of hydrogen-bond donors (Lipinski definition) is 2.